The van der Waals surface area contributed by atoms with Gasteiger partial charge >= 0.3 is 6.36 Å². The molecule has 1 saturated carbocycles. The van der Waals surface area contributed by atoms with Gasteiger partial charge in [0.15, 0.2) is 0 Å². The number of carbonyl (C=O) groups excluding carboxylic acids is 1. The van der Waals surface area contributed by atoms with Crippen LogP contribution in [0.5, 0.6) is 0 Å². The molecule has 1 amide bonds. The summed E-state index contributed by atoms with van der Waals surface area (Å²) in [5.41, 5.74) is 0.372. The fraction of sp³-hybridized carbons (Fsp3) is 0.417. The van der Waals surface area contributed by atoms with E-state index >= 15 is 0 Å². The van der Waals surface area contributed by atoms with Gasteiger partial charge in [0.2, 0.25) is 5.91 Å². The predicted molar refractivity (Wildman–Crippen MR) is 66.4 cm³/mol. The van der Waals surface area contributed by atoms with Gasteiger partial charge in [-0.05, 0) is 47.0 Å². The number of benzene rings is 1. The molecule has 20 heavy (non-hydrogen) atoms. The van der Waals surface area contributed by atoms with Crippen LogP contribution < -0.4 is 5.32 Å². The van der Waals surface area contributed by atoms with Crippen LogP contribution in [0.2, 0.25) is 0 Å². The summed E-state index contributed by atoms with van der Waals surface area (Å²) in [5, 5.41) is 2.53. The Morgan fingerprint density at radius 1 is 1.35 bits per heavy atom. The number of hydrogen-bond donors (Lipinski definition) is 1. The number of carbonyl (C=O) groups is 1. The van der Waals surface area contributed by atoms with Crippen LogP contribution in [-0.2, 0) is 9.53 Å². The molecule has 0 saturated heterocycles. The third-order valence-electron chi connectivity index (χ3n) is 2.95. The molecule has 1 fully saturated rings. The van der Waals surface area contributed by atoms with Crippen LogP contribution in [-0.4, -0.2) is 18.4 Å². The molecule has 110 valence electrons. The molecule has 0 radical (unpaired) electrons. The Hall–Kier alpha value is -1.15. The van der Waals surface area contributed by atoms with Crippen molar-refractivity contribution in [1.29, 1.82) is 0 Å². The maximum Gasteiger partial charge on any atom is 0.522 e. The van der Waals surface area contributed by atoms with Crippen molar-refractivity contribution in [2.75, 3.05) is 5.32 Å². The van der Waals surface area contributed by atoms with Crippen LogP contribution in [0.1, 0.15) is 12.8 Å². The Kier molecular flexibility index (Phi) is 4.33. The van der Waals surface area contributed by atoms with E-state index in [0.29, 0.717) is 10.2 Å². The molecule has 1 aromatic carbocycles. The highest BCUT2D eigenvalue weighted by molar-refractivity contribution is 9.10. The Labute approximate surface area is 120 Å². The van der Waals surface area contributed by atoms with E-state index in [-0.39, 0.29) is 12.8 Å². The lowest BCUT2D eigenvalue weighted by atomic mass is 9.81. The molecule has 1 aliphatic rings. The van der Waals surface area contributed by atoms with Crippen molar-refractivity contribution in [2.45, 2.75) is 25.3 Å². The molecule has 8 heteroatoms. The minimum atomic E-state index is -4.67. The van der Waals surface area contributed by atoms with E-state index in [9.17, 15) is 22.4 Å². The van der Waals surface area contributed by atoms with Gasteiger partial charge in [-0.1, -0.05) is 0 Å². The number of ether oxygens (including phenoxy) is 1. The maximum atomic E-state index is 12.9. The van der Waals surface area contributed by atoms with E-state index in [1.54, 1.807) is 0 Å². The van der Waals surface area contributed by atoms with Crippen molar-refractivity contribution in [3.05, 3.63) is 28.5 Å². The molecule has 1 N–H and O–H groups in total. The molecule has 0 atom stereocenters. The number of nitrogens with one attached hydrogen (secondary N) is 1. The zero-order valence-corrected chi connectivity index (χ0v) is 11.6. The van der Waals surface area contributed by atoms with E-state index in [2.05, 4.69) is 26.0 Å². The number of amides is 1. The van der Waals surface area contributed by atoms with Crippen molar-refractivity contribution in [1.82, 2.24) is 0 Å². The van der Waals surface area contributed by atoms with Crippen LogP contribution in [0.4, 0.5) is 23.2 Å². The number of hydrogen-bond acceptors (Lipinski definition) is 2. The van der Waals surface area contributed by atoms with Crippen LogP contribution >= 0.6 is 15.9 Å². The average Bonchev–Trinajstić information content (AvgIpc) is 2.25. The fourth-order valence-electron chi connectivity index (χ4n) is 1.89. The molecular formula is C12H10BrF4NO2. The molecular weight excluding hydrogens is 346 g/mol. The second-order valence-electron chi connectivity index (χ2n) is 4.47. The first-order valence-corrected chi connectivity index (χ1v) is 6.54. The Bertz CT molecular complexity index is 515. The minimum Gasteiger partial charge on any atom is -0.325 e. The summed E-state index contributed by atoms with van der Waals surface area (Å²) < 4.78 is 52.8. The Morgan fingerprint density at radius 3 is 2.55 bits per heavy atom. The smallest absolute Gasteiger partial charge is 0.325 e. The van der Waals surface area contributed by atoms with Crippen molar-refractivity contribution in [3.63, 3.8) is 0 Å². The number of rotatable bonds is 3. The molecule has 1 aliphatic carbocycles. The van der Waals surface area contributed by atoms with E-state index in [1.807, 2.05) is 0 Å². The van der Waals surface area contributed by atoms with Crippen LogP contribution in [0, 0.1) is 11.7 Å². The van der Waals surface area contributed by atoms with Gasteiger partial charge in [0.1, 0.15) is 5.82 Å². The first-order valence-electron chi connectivity index (χ1n) is 5.75. The highest BCUT2D eigenvalue weighted by Gasteiger charge is 2.42. The summed E-state index contributed by atoms with van der Waals surface area (Å²) in [5.74, 6) is -1.39. The topological polar surface area (TPSA) is 38.3 Å². The normalized spacial score (nSPS) is 22.2. The van der Waals surface area contributed by atoms with Gasteiger partial charge in [0, 0.05) is 10.4 Å². The second-order valence-corrected chi connectivity index (χ2v) is 5.32. The summed E-state index contributed by atoms with van der Waals surface area (Å²) in [6.45, 7) is 0. The van der Waals surface area contributed by atoms with Crippen molar-refractivity contribution in [3.8, 4) is 0 Å². The van der Waals surface area contributed by atoms with Gasteiger partial charge in [-0.2, -0.15) is 0 Å². The average molecular weight is 356 g/mol. The molecule has 1 aromatic rings. The van der Waals surface area contributed by atoms with Gasteiger partial charge in [-0.15, -0.1) is 13.2 Å². The highest BCUT2D eigenvalue weighted by atomic mass is 79.9. The van der Waals surface area contributed by atoms with Crippen LogP contribution in [0.25, 0.3) is 0 Å². The highest BCUT2D eigenvalue weighted by Crippen LogP contribution is 2.36. The molecule has 0 heterocycles. The molecule has 3 nitrogen and oxygen atoms in total. The van der Waals surface area contributed by atoms with Gasteiger partial charge < -0.3 is 5.32 Å². The van der Waals surface area contributed by atoms with Gasteiger partial charge in [-0.25, -0.2) is 4.39 Å². The van der Waals surface area contributed by atoms with Crippen molar-refractivity contribution >= 4 is 27.5 Å². The van der Waals surface area contributed by atoms with Gasteiger partial charge in [-0.3, -0.25) is 9.53 Å². The van der Waals surface area contributed by atoms with E-state index in [4.69, 9.17) is 0 Å². The van der Waals surface area contributed by atoms with Crippen LogP contribution in [0.15, 0.2) is 22.7 Å². The lowest BCUT2D eigenvalue weighted by Gasteiger charge is -2.34. The van der Waals surface area contributed by atoms with Crippen LogP contribution in [0.3, 0.4) is 0 Å². The zero-order chi connectivity index (χ0) is 14.9. The molecule has 0 aromatic heterocycles. The first kappa shape index (κ1) is 15.2. The van der Waals surface area contributed by atoms with E-state index in [1.165, 1.54) is 18.2 Å². The monoisotopic (exact) mass is 355 g/mol. The van der Waals surface area contributed by atoms with Crippen molar-refractivity contribution in [2.24, 2.45) is 5.92 Å². The standard InChI is InChI=1S/C12H10BrF4NO2/c13-9-5-7(14)1-2-10(9)18-11(19)6-3-8(4-6)20-12(15,16)17/h1-2,5-6,8H,3-4H2,(H,18,19). The number of halogens is 5. The fourth-order valence-corrected chi connectivity index (χ4v) is 2.34. The van der Waals surface area contributed by atoms with E-state index < -0.39 is 30.1 Å². The summed E-state index contributed by atoms with van der Waals surface area (Å²) >= 11 is 3.09. The summed E-state index contributed by atoms with van der Waals surface area (Å²) in [6.07, 6.45) is -5.61. The van der Waals surface area contributed by atoms with Crippen molar-refractivity contribution < 1.29 is 27.1 Å². The molecule has 0 bridgehead atoms. The summed E-state index contributed by atoms with van der Waals surface area (Å²) in [4.78, 5) is 11.8. The second kappa shape index (κ2) is 5.69. The predicted octanol–water partition coefficient (Wildman–Crippen LogP) is 3.84. The lowest BCUT2D eigenvalue weighted by Crippen LogP contribution is -2.41. The SMILES string of the molecule is O=C(Nc1ccc(F)cc1Br)C1CC(OC(F)(F)F)C1. The van der Waals surface area contributed by atoms with Gasteiger partial charge in [0.25, 0.3) is 0 Å². The third-order valence-corrected chi connectivity index (χ3v) is 3.61. The zero-order valence-electron chi connectivity index (χ0n) is 10.0. The number of alkyl halides is 3. The summed E-state index contributed by atoms with van der Waals surface area (Å²) in [7, 11) is 0. The largest absolute Gasteiger partial charge is 0.522 e. The lowest BCUT2D eigenvalue weighted by molar-refractivity contribution is -0.353. The molecule has 0 spiro atoms. The van der Waals surface area contributed by atoms with Gasteiger partial charge in [0.05, 0.1) is 11.8 Å². The third kappa shape index (κ3) is 3.92. The number of anilines is 1. The Morgan fingerprint density at radius 2 is 2.00 bits per heavy atom. The minimum absolute atomic E-state index is 0.0180. The maximum absolute atomic E-state index is 12.9. The molecule has 0 unspecified atom stereocenters. The Balaban J connectivity index is 1.85. The molecule has 2 rings (SSSR count). The van der Waals surface area contributed by atoms with E-state index in [0.717, 1.165) is 0 Å². The summed E-state index contributed by atoms with van der Waals surface area (Å²) in [6, 6.07) is 3.74. The quantitative estimate of drug-likeness (QED) is 0.836. The first-order chi connectivity index (χ1) is 9.24. The molecule has 0 aliphatic heterocycles.